The van der Waals surface area contributed by atoms with E-state index in [1.807, 2.05) is 24.3 Å². The van der Waals surface area contributed by atoms with E-state index in [4.69, 9.17) is 9.47 Å². The third-order valence-corrected chi connectivity index (χ3v) is 6.29. The number of methoxy groups -OCH3 is 2. The first-order chi connectivity index (χ1) is 12.6. The number of piperazine rings is 1. The van der Waals surface area contributed by atoms with Crippen LogP contribution in [0.25, 0.3) is 0 Å². The number of hydrogen-bond donors (Lipinski definition) is 1. The topological polar surface area (TPSA) is 85.7 Å². The van der Waals surface area contributed by atoms with E-state index in [2.05, 4.69) is 10.4 Å². The van der Waals surface area contributed by atoms with E-state index in [-0.39, 0.29) is 23.3 Å². The first-order valence-corrected chi connectivity index (χ1v) is 9.89. The van der Waals surface area contributed by atoms with Gasteiger partial charge in [-0.2, -0.15) is 9.40 Å². The summed E-state index contributed by atoms with van der Waals surface area (Å²) in [7, 11) is -0.487. The number of sulfonamides is 1. The van der Waals surface area contributed by atoms with E-state index in [9.17, 15) is 8.42 Å². The molecular formula is C17H25ClN4O4S. The molecule has 1 aromatic carbocycles. The van der Waals surface area contributed by atoms with E-state index in [1.54, 1.807) is 25.1 Å². The lowest BCUT2D eigenvalue weighted by Gasteiger charge is -2.35. The molecule has 3 rings (SSSR count). The number of aromatic nitrogens is 2. The lowest BCUT2D eigenvalue weighted by Crippen LogP contribution is -2.48. The van der Waals surface area contributed by atoms with Gasteiger partial charge in [-0.15, -0.1) is 12.4 Å². The summed E-state index contributed by atoms with van der Waals surface area (Å²) in [5.41, 5.74) is 0.845. The van der Waals surface area contributed by atoms with Crippen molar-refractivity contribution in [1.29, 1.82) is 0 Å². The molecular weight excluding hydrogens is 392 g/mol. The van der Waals surface area contributed by atoms with Crippen LogP contribution in [0.1, 0.15) is 11.6 Å². The number of rotatable bonds is 7. The predicted octanol–water partition coefficient (Wildman–Crippen LogP) is 1.30. The Hall–Kier alpha value is -1.65. The Labute approximate surface area is 165 Å². The van der Waals surface area contributed by atoms with Crippen molar-refractivity contribution in [2.75, 3.05) is 40.5 Å². The molecule has 1 fully saturated rings. The third kappa shape index (κ3) is 4.61. The summed E-state index contributed by atoms with van der Waals surface area (Å²) in [6.07, 6.45) is 2.95. The normalized spacial score (nSPS) is 18.1. The second-order valence-corrected chi connectivity index (χ2v) is 7.90. The van der Waals surface area contributed by atoms with Crippen molar-refractivity contribution >= 4 is 22.4 Å². The molecule has 0 bridgehead atoms. The zero-order valence-electron chi connectivity index (χ0n) is 15.4. The number of halogens is 1. The molecule has 0 saturated carbocycles. The quantitative estimate of drug-likeness (QED) is 0.732. The lowest BCUT2D eigenvalue weighted by molar-refractivity contribution is 0.183. The molecule has 8 nitrogen and oxygen atoms in total. The van der Waals surface area contributed by atoms with E-state index >= 15 is 0 Å². The van der Waals surface area contributed by atoms with Crippen molar-refractivity contribution in [3.8, 4) is 5.75 Å². The largest absolute Gasteiger partial charge is 0.496 e. The Morgan fingerprint density at radius 3 is 2.81 bits per heavy atom. The minimum Gasteiger partial charge on any atom is -0.496 e. The maximum atomic E-state index is 13.2. The van der Waals surface area contributed by atoms with Gasteiger partial charge in [-0.05, 0) is 6.07 Å². The van der Waals surface area contributed by atoms with Gasteiger partial charge in [-0.1, -0.05) is 18.2 Å². The second-order valence-electron chi connectivity index (χ2n) is 6.01. The van der Waals surface area contributed by atoms with Crippen molar-refractivity contribution in [2.24, 2.45) is 0 Å². The molecule has 0 aliphatic carbocycles. The van der Waals surface area contributed by atoms with Gasteiger partial charge in [-0.3, -0.25) is 4.68 Å². The van der Waals surface area contributed by atoms with Gasteiger partial charge >= 0.3 is 0 Å². The summed E-state index contributed by atoms with van der Waals surface area (Å²) in [6, 6.07) is 7.17. The molecule has 1 aromatic heterocycles. The maximum Gasteiger partial charge on any atom is 0.246 e. The van der Waals surface area contributed by atoms with Crippen LogP contribution in [0.3, 0.4) is 0 Å². The minimum absolute atomic E-state index is 0. The van der Waals surface area contributed by atoms with Crippen LogP contribution in [0.2, 0.25) is 0 Å². The van der Waals surface area contributed by atoms with Crippen LogP contribution in [0, 0.1) is 0 Å². The molecule has 0 spiro atoms. The number of ether oxygens (including phenoxy) is 2. The van der Waals surface area contributed by atoms with Crippen molar-refractivity contribution in [1.82, 2.24) is 19.4 Å². The maximum absolute atomic E-state index is 13.2. The number of nitrogens with zero attached hydrogens (tertiary/aromatic N) is 3. The van der Waals surface area contributed by atoms with Crippen molar-refractivity contribution < 1.29 is 17.9 Å². The Kier molecular flexibility index (Phi) is 7.63. The first-order valence-electron chi connectivity index (χ1n) is 8.45. The summed E-state index contributed by atoms with van der Waals surface area (Å²) in [5, 5.41) is 7.41. The second kappa shape index (κ2) is 9.52. The van der Waals surface area contributed by atoms with Crippen LogP contribution in [0.5, 0.6) is 5.75 Å². The fourth-order valence-corrected chi connectivity index (χ4v) is 4.66. The Bertz CT molecular complexity index is 843. The summed E-state index contributed by atoms with van der Waals surface area (Å²) < 4.78 is 40.0. The van der Waals surface area contributed by atoms with Gasteiger partial charge < -0.3 is 14.8 Å². The molecule has 1 aliphatic heterocycles. The average Bonchev–Trinajstić information content (AvgIpc) is 3.16. The minimum atomic E-state index is -3.67. The third-order valence-electron chi connectivity index (χ3n) is 4.43. The molecule has 2 aromatic rings. The molecule has 2 heterocycles. The zero-order valence-corrected chi connectivity index (χ0v) is 17.0. The molecule has 150 valence electrons. The number of benzene rings is 1. The number of hydrogen-bond acceptors (Lipinski definition) is 6. The average molecular weight is 417 g/mol. The molecule has 27 heavy (non-hydrogen) atoms. The van der Waals surface area contributed by atoms with Crippen LogP contribution in [-0.4, -0.2) is 63.0 Å². The summed E-state index contributed by atoms with van der Waals surface area (Å²) in [4.78, 5) is 0.190. The van der Waals surface area contributed by atoms with Gasteiger partial charge in [-0.25, -0.2) is 8.42 Å². The van der Waals surface area contributed by atoms with Gasteiger partial charge in [0.2, 0.25) is 10.0 Å². The van der Waals surface area contributed by atoms with E-state index < -0.39 is 10.0 Å². The lowest BCUT2D eigenvalue weighted by atomic mass is 10.0. The van der Waals surface area contributed by atoms with E-state index in [0.717, 1.165) is 5.56 Å². The predicted molar refractivity (Wildman–Crippen MR) is 104 cm³/mol. The Balaban J connectivity index is 0.00000261. The van der Waals surface area contributed by atoms with Crippen molar-refractivity contribution in [3.63, 3.8) is 0 Å². The van der Waals surface area contributed by atoms with Gasteiger partial charge in [0.1, 0.15) is 10.6 Å². The fraction of sp³-hybridized carbons (Fsp3) is 0.471. The molecule has 0 radical (unpaired) electrons. The molecule has 1 atom stereocenters. The number of nitrogens with one attached hydrogen (secondary N) is 1. The Morgan fingerprint density at radius 1 is 1.30 bits per heavy atom. The van der Waals surface area contributed by atoms with E-state index in [0.29, 0.717) is 38.5 Å². The number of para-hydroxylation sites is 1. The Morgan fingerprint density at radius 2 is 2.07 bits per heavy atom. The molecule has 1 saturated heterocycles. The summed E-state index contributed by atoms with van der Waals surface area (Å²) >= 11 is 0. The molecule has 1 N–H and O–H groups in total. The highest BCUT2D eigenvalue weighted by Gasteiger charge is 2.36. The van der Waals surface area contributed by atoms with Gasteiger partial charge in [0.05, 0.1) is 32.5 Å². The molecule has 1 unspecified atom stereocenters. The monoisotopic (exact) mass is 416 g/mol. The molecule has 0 amide bonds. The highest BCUT2D eigenvalue weighted by Crippen LogP contribution is 2.33. The highest BCUT2D eigenvalue weighted by atomic mass is 35.5. The van der Waals surface area contributed by atoms with Crippen molar-refractivity contribution in [2.45, 2.75) is 17.5 Å². The summed E-state index contributed by atoms with van der Waals surface area (Å²) in [5.74, 6) is 0.678. The smallest absolute Gasteiger partial charge is 0.246 e. The van der Waals surface area contributed by atoms with Crippen molar-refractivity contribution in [3.05, 3.63) is 42.2 Å². The van der Waals surface area contributed by atoms with Crippen LogP contribution in [-0.2, 0) is 21.3 Å². The first kappa shape index (κ1) is 21.6. The van der Waals surface area contributed by atoms with E-state index in [1.165, 1.54) is 10.5 Å². The van der Waals surface area contributed by atoms with Crippen LogP contribution >= 0.6 is 12.4 Å². The molecule has 1 aliphatic rings. The van der Waals surface area contributed by atoms with Gasteiger partial charge in [0.25, 0.3) is 0 Å². The van der Waals surface area contributed by atoms with Gasteiger partial charge in [0, 0.05) is 38.5 Å². The molecule has 10 heteroatoms. The highest BCUT2D eigenvalue weighted by molar-refractivity contribution is 7.89. The SMILES string of the molecule is COCCn1cc(S(=O)(=O)N2CCNCC2c2ccccc2OC)cn1.Cl. The van der Waals surface area contributed by atoms with Gasteiger partial charge in [0.15, 0.2) is 0 Å². The zero-order chi connectivity index (χ0) is 18.6. The standard InChI is InChI=1S/C17H24N4O4S.ClH/c1-24-10-9-20-13-14(11-19-20)26(22,23)21-8-7-18-12-16(21)15-5-3-4-6-17(15)25-2;/h3-6,11,13,16,18H,7-10,12H2,1-2H3;1H. The summed E-state index contributed by atoms with van der Waals surface area (Å²) in [6.45, 7) is 2.48. The van der Waals surface area contributed by atoms with Crippen LogP contribution < -0.4 is 10.1 Å². The van der Waals surface area contributed by atoms with Crippen LogP contribution in [0.15, 0.2) is 41.6 Å². The fourth-order valence-electron chi connectivity index (χ4n) is 3.10. The van der Waals surface area contributed by atoms with Crippen LogP contribution in [0.4, 0.5) is 0 Å².